The molecule has 1 aromatic carbocycles. The van der Waals surface area contributed by atoms with Crippen molar-refractivity contribution < 1.29 is 4.39 Å². The lowest BCUT2D eigenvalue weighted by atomic mass is 10.3. The number of anilines is 1. The third kappa shape index (κ3) is 3.16. The molecular weight excluding hydrogens is 305 g/mol. The average Bonchev–Trinajstić information content (AvgIpc) is 2.95. The zero-order valence-electron chi connectivity index (χ0n) is 11.5. The first-order valence-corrected chi connectivity index (χ1v) is 8.49. The molecule has 3 aromatic rings. The van der Waals surface area contributed by atoms with Gasteiger partial charge in [-0.25, -0.2) is 14.4 Å². The summed E-state index contributed by atoms with van der Waals surface area (Å²) in [7, 11) is 0. The van der Waals surface area contributed by atoms with Gasteiger partial charge in [-0.2, -0.15) is 0 Å². The van der Waals surface area contributed by atoms with Crippen LogP contribution in [0.5, 0.6) is 0 Å². The maximum atomic E-state index is 13.6. The summed E-state index contributed by atoms with van der Waals surface area (Å²) in [5.41, 5.74) is 0. The highest BCUT2D eigenvalue weighted by atomic mass is 32.2. The van der Waals surface area contributed by atoms with E-state index in [9.17, 15) is 4.39 Å². The van der Waals surface area contributed by atoms with Crippen LogP contribution in [0.1, 0.15) is 12.7 Å². The molecule has 0 radical (unpaired) electrons. The number of nitrogens with zero attached hydrogens (tertiary/aromatic N) is 2. The van der Waals surface area contributed by atoms with Crippen LogP contribution in [0.25, 0.3) is 10.2 Å². The molecule has 0 fully saturated rings. The van der Waals surface area contributed by atoms with Gasteiger partial charge in [0.15, 0.2) is 0 Å². The lowest BCUT2D eigenvalue weighted by molar-refractivity contribution is 0.602. The van der Waals surface area contributed by atoms with Gasteiger partial charge in [0.05, 0.1) is 11.1 Å². The Balaban J connectivity index is 1.85. The molecule has 1 N–H and O–H groups in total. The molecule has 2 heterocycles. The molecule has 2 aromatic heterocycles. The maximum Gasteiger partial charge on any atom is 0.142 e. The molecule has 0 spiro atoms. The van der Waals surface area contributed by atoms with Crippen molar-refractivity contribution in [1.82, 2.24) is 9.97 Å². The Labute approximate surface area is 130 Å². The number of halogens is 1. The summed E-state index contributed by atoms with van der Waals surface area (Å²) in [5.74, 6) is 1.92. The Morgan fingerprint density at radius 1 is 1.24 bits per heavy atom. The predicted molar refractivity (Wildman–Crippen MR) is 87.5 cm³/mol. The van der Waals surface area contributed by atoms with Crippen molar-refractivity contribution >= 4 is 39.1 Å². The van der Waals surface area contributed by atoms with Crippen molar-refractivity contribution in [3.63, 3.8) is 0 Å². The summed E-state index contributed by atoms with van der Waals surface area (Å²) < 4.78 is 13.6. The molecular formula is C15H14FN3S2. The average molecular weight is 319 g/mol. The molecule has 0 saturated heterocycles. The van der Waals surface area contributed by atoms with Crippen LogP contribution in [-0.4, -0.2) is 16.5 Å². The number of fused-ring (bicyclic) bond motifs is 1. The quantitative estimate of drug-likeness (QED) is 0.700. The van der Waals surface area contributed by atoms with Crippen LogP contribution < -0.4 is 5.32 Å². The molecule has 108 valence electrons. The summed E-state index contributed by atoms with van der Waals surface area (Å²) in [5, 5.41) is 6.31. The molecule has 0 aliphatic heterocycles. The number of thioether (sulfide) groups is 1. The molecule has 0 amide bonds. The Kier molecular flexibility index (Phi) is 4.36. The minimum absolute atomic E-state index is 0.202. The van der Waals surface area contributed by atoms with Gasteiger partial charge in [0, 0.05) is 11.4 Å². The zero-order chi connectivity index (χ0) is 14.7. The number of rotatable bonds is 5. The molecule has 0 bridgehead atoms. The predicted octanol–water partition coefficient (Wildman–Crippen LogP) is 4.55. The van der Waals surface area contributed by atoms with Crippen LogP contribution in [0.3, 0.4) is 0 Å². The second kappa shape index (κ2) is 6.41. The fourth-order valence-electron chi connectivity index (χ4n) is 1.97. The largest absolute Gasteiger partial charge is 0.370 e. The summed E-state index contributed by atoms with van der Waals surface area (Å²) >= 11 is 3.01. The molecule has 3 rings (SSSR count). The molecule has 21 heavy (non-hydrogen) atoms. The van der Waals surface area contributed by atoms with Crippen LogP contribution in [0.2, 0.25) is 0 Å². The Morgan fingerprint density at radius 2 is 2.10 bits per heavy atom. The van der Waals surface area contributed by atoms with Gasteiger partial charge in [-0.1, -0.05) is 12.1 Å². The maximum absolute atomic E-state index is 13.6. The topological polar surface area (TPSA) is 37.8 Å². The minimum atomic E-state index is -0.202. The number of hydrogen-bond donors (Lipinski definition) is 1. The molecule has 0 atom stereocenters. The molecule has 0 aliphatic rings. The van der Waals surface area contributed by atoms with Gasteiger partial charge in [0.2, 0.25) is 0 Å². The third-order valence-corrected chi connectivity index (χ3v) is 4.76. The van der Waals surface area contributed by atoms with Crippen LogP contribution in [0.15, 0.2) is 40.6 Å². The lowest BCUT2D eigenvalue weighted by Crippen LogP contribution is -2.03. The standard InChI is InChI=1S/C15H14FN3S2/c1-2-17-14-10-7-8-20-15(10)19-13(18-14)9-21-12-6-4-3-5-11(12)16/h3-8H,2,9H2,1H3,(H,17,18,19). The summed E-state index contributed by atoms with van der Waals surface area (Å²) in [6, 6.07) is 8.78. The van der Waals surface area contributed by atoms with E-state index >= 15 is 0 Å². The van der Waals surface area contributed by atoms with Crippen LogP contribution in [-0.2, 0) is 5.75 Å². The van der Waals surface area contributed by atoms with Crippen molar-refractivity contribution in [2.45, 2.75) is 17.6 Å². The van der Waals surface area contributed by atoms with Crippen LogP contribution >= 0.6 is 23.1 Å². The van der Waals surface area contributed by atoms with E-state index in [1.165, 1.54) is 17.8 Å². The number of nitrogens with one attached hydrogen (secondary N) is 1. The highest BCUT2D eigenvalue weighted by Crippen LogP contribution is 2.28. The van der Waals surface area contributed by atoms with Crippen molar-refractivity contribution in [2.24, 2.45) is 0 Å². The van der Waals surface area contributed by atoms with Crippen LogP contribution in [0.4, 0.5) is 10.2 Å². The van der Waals surface area contributed by atoms with Gasteiger partial charge in [0.1, 0.15) is 22.3 Å². The first-order chi connectivity index (χ1) is 10.3. The molecule has 0 unspecified atom stereocenters. The number of hydrogen-bond acceptors (Lipinski definition) is 5. The number of thiophene rings is 1. The Bertz CT molecular complexity index is 758. The number of aromatic nitrogens is 2. The fraction of sp³-hybridized carbons (Fsp3) is 0.200. The minimum Gasteiger partial charge on any atom is -0.370 e. The monoisotopic (exact) mass is 319 g/mol. The SMILES string of the molecule is CCNc1nc(CSc2ccccc2F)nc2sccc12. The molecule has 3 nitrogen and oxygen atoms in total. The van der Waals surface area contributed by atoms with Gasteiger partial charge in [0.25, 0.3) is 0 Å². The fourth-order valence-corrected chi connectivity index (χ4v) is 3.55. The van der Waals surface area contributed by atoms with E-state index in [4.69, 9.17) is 0 Å². The number of benzene rings is 1. The van der Waals surface area contributed by atoms with Gasteiger partial charge in [-0.3, -0.25) is 0 Å². The van der Waals surface area contributed by atoms with E-state index in [0.717, 1.165) is 22.6 Å². The lowest BCUT2D eigenvalue weighted by Gasteiger charge is -2.07. The van der Waals surface area contributed by atoms with E-state index in [1.807, 2.05) is 24.4 Å². The summed E-state index contributed by atoms with van der Waals surface area (Å²) in [6.45, 7) is 2.84. The van der Waals surface area contributed by atoms with E-state index in [2.05, 4.69) is 15.3 Å². The third-order valence-electron chi connectivity index (χ3n) is 2.91. The van der Waals surface area contributed by atoms with Crippen molar-refractivity contribution in [3.05, 3.63) is 47.4 Å². The summed E-state index contributed by atoms with van der Waals surface area (Å²) in [4.78, 5) is 10.7. The van der Waals surface area contributed by atoms with Crippen molar-refractivity contribution in [1.29, 1.82) is 0 Å². The van der Waals surface area contributed by atoms with E-state index in [0.29, 0.717) is 16.5 Å². The van der Waals surface area contributed by atoms with Crippen molar-refractivity contribution in [2.75, 3.05) is 11.9 Å². The van der Waals surface area contributed by atoms with E-state index < -0.39 is 0 Å². The normalized spacial score (nSPS) is 11.0. The zero-order valence-corrected chi connectivity index (χ0v) is 13.1. The molecule has 6 heteroatoms. The van der Waals surface area contributed by atoms with Gasteiger partial charge in [-0.05, 0) is 30.5 Å². The van der Waals surface area contributed by atoms with Crippen molar-refractivity contribution in [3.8, 4) is 0 Å². The first kappa shape index (κ1) is 14.3. The highest BCUT2D eigenvalue weighted by molar-refractivity contribution is 7.98. The molecule has 0 aliphatic carbocycles. The van der Waals surface area contributed by atoms with Gasteiger partial charge >= 0.3 is 0 Å². The Hall–Kier alpha value is -1.66. The van der Waals surface area contributed by atoms with E-state index in [-0.39, 0.29) is 5.82 Å². The Morgan fingerprint density at radius 3 is 2.90 bits per heavy atom. The second-order valence-corrected chi connectivity index (χ2v) is 6.29. The smallest absolute Gasteiger partial charge is 0.142 e. The molecule has 0 saturated carbocycles. The highest BCUT2D eigenvalue weighted by Gasteiger charge is 2.09. The van der Waals surface area contributed by atoms with E-state index in [1.54, 1.807) is 23.5 Å². The van der Waals surface area contributed by atoms with Gasteiger partial charge in [-0.15, -0.1) is 23.1 Å². The second-order valence-electron chi connectivity index (χ2n) is 4.38. The van der Waals surface area contributed by atoms with Gasteiger partial charge < -0.3 is 5.32 Å². The van der Waals surface area contributed by atoms with Crippen LogP contribution in [0, 0.1) is 5.82 Å². The first-order valence-electron chi connectivity index (χ1n) is 6.63. The summed E-state index contributed by atoms with van der Waals surface area (Å²) in [6.07, 6.45) is 0.